The van der Waals surface area contributed by atoms with Gasteiger partial charge in [-0.1, -0.05) is 36.8 Å². The molecule has 1 rings (SSSR count). The molecule has 1 atom stereocenters. The summed E-state index contributed by atoms with van der Waals surface area (Å²) < 4.78 is 5.61. The Kier molecular flexibility index (Phi) is 8.58. The number of hydrogen-bond acceptors (Lipinski definition) is 3. The minimum absolute atomic E-state index is 0.320. The van der Waals surface area contributed by atoms with Crippen LogP contribution in [-0.4, -0.2) is 44.3 Å². The molecule has 0 spiro atoms. The third-order valence-electron chi connectivity index (χ3n) is 3.62. The number of aryl methyl sites for hydroxylation is 1. The van der Waals surface area contributed by atoms with Gasteiger partial charge in [-0.3, -0.25) is 0 Å². The molecule has 0 saturated heterocycles. The summed E-state index contributed by atoms with van der Waals surface area (Å²) in [7, 11) is 2.17. The Morgan fingerprint density at radius 3 is 2.62 bits per heavy atom. The molecule has 0 aromatic heterocycles. The average molecular weight is 292 g/mol. The van der Waals surface area contributed by atoms with Crippen molar-refractivity contribution >= 4 is 0 Å². The number of ether oxygens (including phenoxy) is 1. The third kappa shape index (κ3) is 7.60. The van der Waals surface area contributed by atoms with Gasteiger partial charge in [-0.25, -0.2) is 0 Å². The number of benzene rings is 1. The van der Waals surface area contributed by atoms with Gasteiger partial charge in [-0.15, -0.1) is 0 Å². The zero-order chi connectivity index (χ0) is 15.7. The van der Waals surface area contributed by atoms with Gasteiger partial charge in [-0.2, -0.15) is 0 Å². The minimum Gasteiger partial charge on any atom is -0.377 e. The van der Waals surface area contributed by atoms with E-state index in [1.54, 1.807) is 0 Å². The van der Waals surface area contributed by atoms with Crippen molar-refractivity contribution in [1.82, 2.24) is 10.2 Å². The Balaban J connectivity index is 2.44. The largest absolute Gasteiger partial charge is 0.377 e. The fourth-order valence-corrected chi connectivity index (χ4v) is 2.43. The highest BCUT2D eigenvalue weighted by molar-refractivity contribution is 5.25. The number of rotatable bonds is 10. The van der Waals surface area contributed by atoms with Crippen molar-refractivity contribution in [3.8, 4) is 0 Å². The Morgan fingerprint density at radius 2 is 2.00 bits per heavy atom. The summed E-state index contributed by atoms with van der Waals surface area (Å²) in [5, 5.41) is 3.60. The average Bonchev–Trinajstić information content (AvgIpc) is 2.43. The number of likely N-dealkylation sites (N-methyl/N-ethyl adjacent to an activating group) is 1. The van der Waals surface area contributed by atoms with Gasteiger partial charge in [0.1, 0.15) is 0 Å². The quantitative estimate of drug-likeness (QED) is 0.715. The molecule has 3 nitrogen and oxygen atoms in total. The second-order valence-electron chi connectivity index (χ2n) is 6.04. The highest BCUT2D eigenvalue weighted by atomic mass is 16.5. The van der Waals surface area contributed by atoms with Gasteiger partial charge in [0.05, 0.1) is 12.7 Å². The van der Waals surface area contributed by atoms with E-state index in [4.69, 9.17) is 4.74 Å². The third-order valence-corrected chi connectivity index (χ3v) is 3.62. The SMILES string of the molecule is CCNC(CCN(C)CCOC(C)C)c1cccc(C)c1. The lowest BCUT2D eigenvalue weighted by Crippen LogP contribution is -2.29. The predicted octanol–water partition coefficient (Wildman–Crippen LogP) is 3.39. The standard InChI is InChI=1S/C18H32N2O/c1-6-19-18(17-9-7-8-16(4)14-17)10-11-20(5)12-13-21-15(2)3/h7-9,14-15,18-19H,6,10-13H2,1-5H3. The van der Waals surface area contributed by atoms with E-state index in [-0.39, 0.29) is 0 Å². The maximum atomic E-state index is 5.61. The Morgan fingerprint density at radius 1 is 1.24 bits per heavy atom. The molecule has 21 heavy (non-hydrogen) atoms. The molecule has 0 bridgehead atoms. The molecule has 0 fully saturated rings. The van der Waals surface area contributed by atoms with Gasteiger partial charge in [0.25, 0.3) is 0 Å². The van der Waals surface area contributed by atoms with E-state index in [0.29, 0.717) is 12.1 Å². The van der Waals surface area contributed by atoms with Crippen LogP contribution >= 0.6 is 0 Å². The summed E-state index contributed by atoms with van der Waals surface area (Å²) in [6.07, 6.45) is 1.44. The van der Waals surface area contributed by atoms with Gasteiger partial charge in [0, 0.05) is 12.6 Å². The first-order valence-corrected chi connectivity index (χ1v) is 8.13. The first-order valence-electron chi connectivity index (χ1n) is 8.13. The summed E-state index contributed by atoms with van der Waals surface area (Å²) in [6, 6.07) is 9.25. The van der Waals surface area contributed by atoms with Crippen LogP contribution < -0.4 is 5.32 Å². The molecule has 1 aromatic carbocycles. The van der Waals surface area contributed by atoms with Crippen LogP contribution in [0.25, 0.3) is 0 Å². The van der Waals surface area contributed by atoms with Crippen molar-refractivity contribution in [3.63, 3.8) is 0 Å². The molecule has 0 radical (unpaired) electrons. The molecule has 0 saturated carbocycles. The van der Waals surface area contributed by atoms with E-state index < -0.39 is 0 Å². The molecule has 1 unspecified atom stereocenters. The van der Waals surface area contributed by atoms with Crippen LogP contribution in [0.4, 0.5) is 0 Å². The Hall–Kier alpha value is -0.900. The Bertz CT molecular complexity index is 393. The molecule has 1 N–H and O–H groups in total. The van der Waals surface area contributed by atoms with E-state index in [9.17, 15) is 0 Å². The van der Waals surface area contributed by atoms with Gasteiger partial charge in [-0.05, 0) is 52.9 Å². The highest BCUT2D eigenvalue weighted by Gasteiger charge is 2.11. The van der Waals surface area contributed by atoms with Crippen LogP contribution in [-0.2, 0) is 4.74 Å². The van der Waals surface area contributed by atoms with Crippen LogP contribution in [0.3, 0.4) is 0 Å². The van der Waals surface area contributed by atoms with Gasteiger partial charge < -0.3 is 15.0 Å². The molecular weight excluding hydrogens is 260 g/mol. The Labute approximate surface area is 130 Å². The van der Waals surface area contributed by atoms with Crippen molar-refractivity contribution in [1.29, 1.82) is 0 Å². The monoisotopic (exact) mass is 292 g/mol. The lowest BCUT2D eigenvalue weighted by molar-refractivity contribution is 0.0632. The second kappa shape index (κ2) is 9.93. The van der Waals surface area contributed by atoms with Crippen LogP contribution in [0.2, 0.25) is 0 Å². The zero-order valence-corrected chi connectivity index (χ0v) is 14.4. The number of hydrogen-bond donors (Lipinski definition) is 1. The number of nitrogens with one attached hydrogen (secondary N) is 1. The first kappa shape index (κ1) is 18.1. The molecule has 0 aliphatic rings. The molecule has 3 heteroatoms. The van der Waals surface area contributed by atoms with Gasteiger partial charge >= 0.3 is 0 Å². The van der Waals surface area contributed by atoms with Crippen LogP contribution in [0, 0.1) is 6.92 Å². The summed E-state index contributed by atoms with van der Waals surface area (Å²) >= 11 is 0. The molecule has 0 aliphatic carbocycles. The van der Waals surface area contributed by atoms with Crippen molar-refractivity contribution in [2.45, 2.75) is 46.3 Å². The maximum absolute atomic E-state index is 5.61. The smallest absolute Gasteiger partial charge is 0.0596 e. The molecule has 0 aliphatic heterocycles. The summed E-state index contributed by atoms with van der Waals surface area (Å²) in [5.74, 6) is 0. The molecule has 0 heterocycles. The van der Waals surface area contributed by atoms with Crippen LogP contribution in [0.1, 0.15) is 44.4 Å². The molecule has 0 amide bonds. The normalized spacial score (nSPS) is 13.1. The van der Waals surface area contributed by atoms with Crippen molar-refractivity contribution in [2.75, 3.05) is 33.3 Å². The van der Waals surface area contributed by atoms with Crippen LogP contribution in [0.5, 0.6) is 0 Å². The van der Waals surface area contributed by atoms with E-state index in [1.165, 1.54) is 11.1 Å². The van der Waals surface area contributed by atoms with Gasteiger partial charge in [0.2, 0.25) is 0 Å². The molecule has 120 valence electrons. The fraction of sp³-hybridized carbons (Fsp3) is 0.667. The summed E-state index contributed by atoms with van der Waals surface area (Å²) in [6.45, 7) is 12.4. The second-order valence-corrected chi connectivity index (χ2v) is 6.04. The lowest BCUT2D eigenvalue weighted by Gasteiger charge is -2.23. The lowest BCUT2D eigenvalue weighted by atomic mass is 10.0. The topological polar surface area (TPSA) is 24.5 Å². The maximum Gasteiger partial charge on any atom is 0.0596 e. The number of nitrogens with zero attached hydrogens (tertiary/aromatic N) is 1. The van der Waals surface area contributed by atoms with E-state index in [1.807, 2.05) is 0 Å². The summed E-state index contributed by atoms with van der Waals surface area (Å²) in [5.41, 5.74) is 2.72. The van der Waals surface area contributed by atoms with Crippen molar-refractivity contribution in [2.24, 2.45) is 0 Å². The zero-order valence-electron chi connectivity index (χ0n) is 14.4. The molecule has 1 aromatic rings. The van der Waals surface area contributed by atoms with E-state index in [2.05, 4.69) is 69.2 Å². The van der Waals surface area contributed by atoms with E-state index >= 15 is 0 Å². The van der Waals surface area contributed by atoms with Crippen LogP contribution in [0.15, 0.2) is 24.3 Å². The van der Waals surface area contributed by atoms with Gasteiger partial charge in [0.15, 0.2) is 0 Å². The van der Waals surface area contributed by atoms with Crippen molar-refractivity contribution in [3.05, 3.63) is 35.4 Å². The predicted molar refractivity (Wildman–Crippen MR) is 90.8 cm³/mol. The minimum atomic E-state index is 0.320. The van der Waals surface area contributed by atoms with Crippen molar-refractivity contribution < 1.29 is 4.74 Å². The molecular formula is C18H32N2O. The summed E-state index contributed by atoms with van der Waals surface area (Å²) in [4.78, 5) is 2.35. The van der Waals surface area contributed by atoms with E-state index in [0.717, 1.165) is 32.7 Å². The first-order chi connectivity index (χ1) is 10.0. The fourth-order valence-electron chi connectivity index (χ4n) is 2.43. The highest BCUT2D eigenvalue weighted by Crippen LogP contribution is 2.18.